The van der Waals surface area contributed by atoms with Gasteiger partial charge in [-0.1, -0.05) is 41.4 Å². The summed E-state index contributed by atoms with van der Waals surface area (Å²) in [5.41, 5.74) is 4.14. The van der Waals surface area contributed by atoms with Gasteiger partial charge in [0.15, 0.2) is 0 Å². The van der Waals surface area contributed by atoms with Crippen LogP contribution in [0.4, 0.5) is 10.5 Å². The number of urea groups is 1. The standard InChI is InChI=1S/C20H18ClN3O2/c1-12-3-5-13(6-4-12)18-17-16(23(2)20(26)22-18)11-24(19(17)25)15-9-7-14(21)8-10-15/h3-10,18H,11H2,1-2H3,(H,22,26). The highest BCUT2D eigenvalue weighted by Gasteiger charge is 2.43. The molecular formula is C20H18ClN3O2. The third kappa shape index (κ3) is 2.65. The number of nitrogens with zero attached hydrogens (tertiary/aromatic N) is 2. The molecule has 26 heavy (non-hydrogen) atoms. The number of carbonyl (C=O) groups excluding carboxylic acids is 2. The van der Waals surface area contributed by atoms with Gasteiger partial charge in [0.25, 0.3) is 5.91 Å². The van der Waals surface area contributed by atoms with Crippen LogP contribution in [0.3, 0.4) is 0 Å². The zero-order valence-electron chi connectivity index (χ0n) is 14.5. The van der Waals surface area contributed by atoms with Crippen LogP contribution in [-0.4, -0.2) is 30.4 Å². The first-order valence-electron chi connectivity index (χ1n) is 8.37. The van der Waals surface area contributed by atoms with Crippen LogP contribution in [0.1, 0.15) is 17.2 Å². The minimum Gasteiger partial charge on any atom is -0.327 e. The summed E-state index contributed by atoms with van der Waals surface area (Å²) in [5.74, 6) is -0.0975. The van der Waals surface area contributed by atoms with E-state index in [1.165, 1.54) is 4.90 Å². The minimum absolute atomic E-state index is 0.0975. The molecule has 1 unspecified atom stereocenters. The van der Waals surface area contributed by atoms with Crippen molar-refractivity contribution in [2.24, 2.45) is 0 Å². The molecular weight excluding hydrogens is 350 g/mol. The lowest BCUT2D eigenvalue weighted by atomic mass is 9.95. The monoisotopic (exact) mass is 367 g/mol. The Hall–Kier alpha value is -2.79. The molecule has 2 aromatic rings. The molecule has 2 aromatic carbocycles. The quantitative estimate of drug-likeness (QED) is 0.880. The molecule has 6 heteroatoms. The van der Waals surface area contributed by atoms with Crippen molar-refractivity contribution in [2.45, 2.75) is 13.0 Å². The van der Waals surface area contributed by atoms with E-state index in [-0.39, 0.29) is 11.9 Å². The Kier molecular flexibility index (Phi) is 3.96. The number of rotatable bonds is 2. The predicted octanol–water partition coefficient (Wildman–Crippen LogP) is 3.65. The number of aryl methyl sites for hydroxylation is 1. The van der Waals surface area contributed by atoms with Gasteiger partial charge in [0, 0.05) is 17.8 Å². The summed E-state index contributed by atoms with van der Waals surface area (Å²) in [6.45, 7) is 2.37. The molecule has 0 spiro atoms. The number of benzene rings is 2. The van der Waals surface area contributed by atoms with Crippen LogP contribution in [-0.2, 0) is 4.79 Å². The number of hydrogen-bond donors (Lipinski definition) is 1. The lowest BCUT2D eigenvalue weighted by Crippen LogP contribution is -2.45. The molecule has 1 N–H and O–H groups in total. The molecule has 0 saturated heterocycles. The summed E-state index contributed by atoms with van der Waals surface area (Å²) in [4.78, 5) is 28.8. The third-order valence-corrected chi connectivity index (χ3v) is 5.16. The highest BCUT2D eigenvalue weighted by atomic mass is 35.5. The molecule has 0 fully saturated rings. The fourth-order valence-electron chi connectivity index (χ4n) is 3.41. The summed E-state index contributed by atoms with van der Waals surface area (Å²) >= 11 is 5.96. The average molecular weight is 368 g/mol. The fraction of sp³-hybridized carbons (Fsp3) is 0.200. The number of halogens is 1. The molecule has 0 radical (unpaired) electrons. The van der Waals surface area contributed by atoms with Crippen molar-refractivity contribution in [3.63, 3.8) is 0 Å². The first kappa shape index (κ1) is 16.7. The summed E-state index contributed by atoms with van der Waals surface area (Å²) < 4.78 is 0. The van der Waals surface area contributed by atoms with Gasteiger partial charge in [-0.15, -0.1) is 0 Å². The van der Waals surface area contributed by atoms with Crippen LogP contribution in [0.5, 0.6) is 0 Å². The highest BCUT2D eigenvalue weighted by molar-refractivity contribution is 6.30. The molecule has 0 saturated carbocycles. The SMILES string of the molecule is Cc1ccc(C2NC(=O)N(C)C3=C2C(=O)N(c2ccc(Cl)cc2)C3)cc1. The van der Waals surface area contributed by atoms with Gasteiger partial charge in [-0.05, 0) is 36.8 Å². The maximum absolute atomic E-state index is 13.2. The highest BCUT2D eigenvalue weighted by Crippen LogP contribution is 2.37. The molecule has 0 aromatic heterocycles. The van der Waals surface area contributed by atoms with Crippen LogP contribution >= 0.6 is 11.6 Å². The third-order valence-electron chi connectivity index (χ3n) is 4.91. The van der Waals surface area contributed by atoms with E-state index in [9.17, 15) is 9.59 Å². The van der Waals surface area contributed by atoms with Crippen molar-refractivity contribution in [2.75, 3.05) is 18.5 Å². The van der Waals surface area contributed by atoms with E-state index in [1.54, 1.807) is 24.1 Å². The first-order valence-corrected chi connectivity index (χ1v) is 8.75. The predicted molar refractivity (Wildman–Crippen MR) is 101 cm³/mol. The minimum atomic E-state index is -0.445. The summed E-state index contributed by atoms with van der Waals surface area (Å²) in [6.07, 6.45) is 0. The lowest BCUT2D eigenvalue weighted by Gasteiger charge is -2.31. The van der Waals surface area contributed by atoms with Gasteiger partial charge in [0.1, 0.15) is 0 Å². The molecule has 3 amide bonds. The Morgan fingerprint density at radius 3 is 2.35 bits per heavy atom. The molecule has 132 valence electrons. The summed E-state index contributed by atoms with van der Waals surface area (Å²) in [7, 11) is 1.69. The van der Waals surface area contributed by atoms with E-state index < -0.39 is 6.04 Å². The molecule has 4 rings (SSSR count). The van der Waals surface area contributed by atoms with Crippen molar-refractivity contribution in [1.82, 2.24) is 10.2 Å². The zero-order chi connectivity index (χ0) is 18.4. The van der Waals surface area contributed by atoms with Gasteiger partial charge in [-0.3, -0.25) is 9.69 Å². The van der Waals surface area contributed by atoms with Gasteiger partial charge >= 0.3 is 6.03 Å². The number of hydrogen-bond acceptors (Lipinski definition) is 2. The van der Waals surface area contributed by atoms with Crippen LogP contribution < -0.4 is 10.2 Å². The average Bonchev–Trinajstić information content (AvgIpc) is 2.97. The number of anilines is 1. The van der Waals surface area contributed by atoms with Crippen molar-refractivity contribution < 1.29 is 9.59 Å². The molecule has 2 heterocycles. The number of amides is 3. The van der Waals surface area contributed by atoms with E-state index in [2.05, 4.69) is 5.32 Å². The molecule has 5 nitrogen and oxygen atoms in total. The maximum Gasteiger partial charge on any atom is 0.322 e. The van der Waals surface area contributed by atoms with E-state index in [0.717, 1.165) is 22.5 Å². The van der Waals surface area contributed by atoms with Gasteiger partial charge in [-0.25, -0.2) is 4.79 Å². The van der Waals surface area contributed by atoms with Crippen LogP contribution in [0, 0.1) is 6.92 Å². The number of likely N-dealkylation sites (N-methyl/N-ethyl adjacent to an activating group) is 1. The van der Waals surface area contributed by atoms with Gasteiger partial charge < -0.3 is 10.2 Å². The molecule has 1 atom stereocenters. The first-order chi connectivity index (χ1) is 12.5. The van der Waals surface area contributed by atoms with Crippen molar-refractivity contribution in [3.8, 4) is 0 Å². The van der Waals surface area contributed by atoms with E-state index in [0.29, 0.717) is 17.1 Å². The topological polar surface area (TPSA) is 52.7 Å². The Labute approximate surface area is 156 Å². The second kappa shape index (κ2) is 6.18. The number of carbonyl (C=O) groups is 2. The van der Waals surface area contributed by atoms with Crippen molar-refractivity contribution in [3.05, 3.63) is 76.0 Å². The Balaban J connectivity index is 1.75. The Morgan fingerprint density at radius 1 is 1.04 bits per heavy atom. The fourth-order valence-corrected chi connectivity index (χ4v) is 3.53. The molecule has 0 aliphatic carbocycles. The molecule has 2 aliphatic heterocycles. The molecule has 2 aliphatic rings. The van der Waals surface area contributed by atoms with Crippen LogP contribution in [0.15, 0.2) is 59.8 Å². The summed E-state index contributed by atoms with van der Waals surface area (Å²) in [5, 5.41) is 3.56. The zero-order valence-corrected chi connectivity index (χ0v) is 15.2. The normalized spacial score (nSPS) is 19.7. The second-order valence-corrected chi connectivity index (χ2v) is 7.02. The van der Waals surface area contributed by atoms with Crippen molar-refractivity contribution in [1.29, 1.82) is 0 Å². The van der Waals surface area contributed by atoms with Crippen molar-refractivity contribution >= 4 is 29.2 Å². The van der Waals surface area contributed by atoms with E-state index in [4.69, 9.17) is 11.6 Å². The van der Waals surface area contributed by atoms with Gasteiger partial charge in [0.05, 0.1) is 23.9 Å². The van der Waals surface area contributed by atoms with Crippen LogP contribution in [0.2, 0.25) is 5.02 Å². The lowest BCUT2D eigenvalue weighted by molar-refractivity contribution is -0.114. The van der Waals surface area contributed by atoms with E-state index >= 15 is 0 Å². The molecule has 0 bridgehead atoms. The van der Waals surface area contributed by atoms with Crippen LogP contribution in [0.25, 0.3) is 0 Å². The van der Waals surface area contributed by atoms with Gasteiger partial charge in [0.2, 0.25) is 0 Å². The maximum atomic E-state index is 13.2. The number of nitrogens with one attached hydrogen (secondary N) is 1. The Bertz CT molecular complexity index is 919. The van der Waals surface area contributed by atoms with E-state index in [1.807, 2.05) is 43.3 Å². The van der Waals surface area contributed by atoms with Gasteiger partial charge in [-0.2, -0.15) is 0 Å². The smallest absolute Gasteiger partial charge is 0.322 e. The summed E-state index contributed by atoms with van der Waals surface area (Å²) in [6, 6.07) is 14.4. The largest absolute Gasteiger partial charge is 0.327 e. The Morgan fingerprint density at radius 2 is 1.69 bits per heavy atom. The second-order valence-electron chi connectivity index (χ2n) is 6.58.